The fourth-order valence-electron chi connectivity index (χ4n) is 7.74. The molecule has 2 aromatic heterocycles. The van der Waals surface area contributed by atoms with Crippen LogP contribution in [0.15, 0.2) is 213 Å². The molecular formula is C59H40N6O5. The third kappa shape index (κ3) is 9.90. The topological polar surface area (TPSA) is 163 Å². The van der Waals surface area contributed by atoms with E-state index in [1.807, 2.05) is 91.0 Å². The number of carbonyl (C=O) groups excluding carboxylic acids is 5. The second kappa shape index (κ2) is 20.5. The second-order valence-electron chi connectivity index (χ2n) is 16.1. The summed E-state index contributed by atoms with van der Waals surface area (Å²) in [6.45, 7) is 7.73. The molecule has 9 rings (SSSR count). The zero-order valence-electron chi connectivity index (χ0n) is 37.5. The minimum Gasteiger partial charge on any atom is -0.285 e. The summed E-state index contributed by atoms with van der Waals surface area (Å²) >= 11 is 0. The number of benzene rings is 7. The maximum atomic E-state index is 14.7. The van der Waals surface area contributed by atoms with Gasteiger partial charge in [-0.25, -0.2) is 29.9 Å². The standard InChI is InChI=1S/C59H40N6O5/c1-3-14-37(4-2)41-21-29-45(30-22-41)49(66)54-60-55(50(67)46-31-23-42(24-32-46)38-15-8-5-9-16-38)63-58(62-54)53(70)59-64-56(51(68)47-33-25-43(26-34-47)39-17-10-6-11-18-39)61-57(65-59)52(69)48-35-27-44(28-36-48)40-19-12-7-13-20-40/h3-13,15-37H,1-2,14H2. The number of ketones is 5. The normalized spacial score (nSPS) is 11.3. The first kappa shape index (κ1) is 45.5. The van der Waals surface area contributed by atoms with Crippen LogP contribution in [0, 0.1) is 0 Å². The summed E-state index contributed by atoms with van der Waals surface area (Å²) in [5, 5.41) is 0. The lowest BCUT2D eigenvalue weighted by Gasteiger charge is -2.11. The Morgan fingerprint density at radius 2 is 0.571 bits per heavy atom. The van der Waals surface area contributed by atoms with Gasteiger partial charge in [-0.05, 0) is 45.4 Å². The molecule has 0 aliphatic heterocycles. The predicted octanol–water partition coefficient (Wildman–Crippen LogP) is 11.1. The summed E-state index contributed by atoms with van der Waals surface area (Å²) in [6, 6.07) is 55.6. The van der Waals surface area contributed by atoms with Gasteiger partial charge in [-0.2, -0.15) is 0 Å². The van der Waals surface area contributed by atoms with Crippen LogP contribution in [-0.4, -0.2) is 58.8 Å². The molecule has 0 N–H and O–H groups in total. The molecule has 9 aromatic rings. The summed E-state index contributed by atoms with van der Waals surface area (Å²) in [4.78, 5) is 97.5. The van der Waals surface area contributed by atoms with Gasteiger partial charge in [0.05, 0.1) is 0 Å². The summed E-state index contributed by atoms with van der Waals surface area (Å²) < 4.78 is 0. The Hall–Kier alpha value is -9.61. The van der Waals surface area contributed by atoms with Gasteiger partial charge in [-0.15, -0.1) is 13.2 Å². The molecule has 0 saturated heterocycles. The maximum Gasteiger partial charge on any atom is 0.267 e. The second-order valence-corrected chi connectivity index (χ2v) is 16.1. The molecule has 0 spiro atoms. The lowest BCUT2D eigenvalue weighted by atomic mass is 9.94. The van der Waals surface area contributed by atoms with E-state index in [1.54, 1.807) is 109 Å². The predicted molar refractivity (Wildman–Crippen MR) is 267 cm³/mol. The first-order chi connectivity index (χ1) is 34.2. The van der Waals surface area contributed by atoms with Crippen molar-refractivity contribution in [3.63, 3.8) is 0 Å². The van der Waals surface area contributed by atoms with Gasteiger partial charge in [0.15, 0.2) is 0 Å². The van der Waals surface area contributed by atoms with Gasteiger partial charge in [0.1, 0.15) is 0 Å². The van der Waals surface area contributed by atoms with Crippen LogP contribution in [0.2, 0.25) is 0 Å². The Bertz CT molecular complexity index is 3320. The van der Waals surface area contributed by atoms with Crippen LogP contribution in [0.5, 0.6) is 0 Å². The van der Waals surface area contributed by atoms with Crippen LogP contribution in [-0.2, 0) is 0 Å². The van der Waals surface area contributed by atoms with Crippen molar-refractivity contribution >= 4 is 28.9 Å². The molecule has 7 aromatic carbocycles. The van der Waals surface area contributed by atoms with E-state index < -0.39 is 63.9 Å². The molecule has 0 bridgehead atoms. The molecular weight excluding hydrogens is 873 g/mol. The minimum absolute atomic E-state index is 0.0447. The van der Waals surface area contributed by atoms with Crippen LogP contribution >= 0.6 is 0 Å². The van der Waals surface area contributed by atoms with E-state index in [2.05, 4.69) is 43.1 Å². The summed E-state index contributed by atoms with van der Waals surface area (Å²) in [5.74, 6) is -7.40. The van der Waals surface area contributed by atoms with E-state index >= 15 is 0 Å². The summed E-state index contributed by atoms with van der Waals surface area (Å²) in [6.07, 6.45) is 4.20. The average molecular weight is 913 g/mol. The van der Waals surface area contributed by atoms with Crippen LogP contribution in [0.4, 0.5) is 0 Å². The molecule has 0 fully saturated rings. The van der Waals surface area contributed by atoms with Crippen LogP contribution in [0.1, 0.15) is 99.1 Å². The first-order valence-corrected chi connectivity index (χ1v) is 22.2. The van der Waals surface area contributed by atoms with Gasteiger partial charge in [0, 0.05) is 28.2 Å². The van der Waals surface area contributed by atoms with Crippen LogP contribution in [0.3, 0.4) is 0 Å². The third-order valence-corrected chi connectivity index (χ3v) is 11.6. The van der Waals surface area contributed by atoms with Crippen molar-refractivity contribution in [2.45, 2.75) is 12.3 Å². The molecule has 0 saturated carbocycles. The molecule has 0 radical (unpaired) electrons. The monoisotopic (exact) mass is 912 g/mol. The molecule has 70 heavy (non-hydrogen) atoms. The van der Waals surface area contributed by atoms with Crippen molar-refractivity contribution in [2.75, 3.05) is 0 Å². The lowest BCUT2D eigenvalue weighted by Crippen LogP contribution is -2.23. The third-order valence-electron chi connectivity index (χ3n) is 11.6. The Labute approximate surface area is 403 Å². The average Bonchev–Trinajstić information content (AvgIpc) is 3.44. The molecule has 11 heteroatoms. The van der Waals surface area contributed by atoms with Gasteiger partial charge in [0.2, 0.25) is 58.1 Å². The van der Waals surface area contributed by atoms with Crippen molar-refractivity contribution in [3.05, 3.63) is 276 Å². The van der Waals surface area contributed by atoms with Gasteiger partial charge in [-0.1, -0.05) is 200 Å². The minimum atomic E-state index is -1.11. The highest BCUT2D eigenvalue weighted by Gasteiger charge is 2.29. The van der Waals surface area contributed by atoms with E-state index in [1.165, 1.54) is 0 Å². The molecule has 0 amide bonds. The Balaban J connectivity index is 1.12. The van der Waals surface area contributed by atoms with Crippen molar-refractivity contribution in [1.29, 1.82) is 0 Å². The van der Waals surface area contributed by atoms with Crippen LogP contribution in [0.25, 0.3) is 33.4 Å². The molecule has 336 valence electrons. The molecule has 2 heterocycles. The number of hydrogen-bond acceptors (Lipinski definition) is 11. The van der Waals surface area contributed by atoms with Crippen molar-refractivity contribution in [2.24, 2.45) is 0 Å². The fourth-order valence-corrected chi connectivity index (χ4v) is 7.74. The number of allylic oxidation sites excluding steroid dienone is 2. The molecule has 1 atom stereocenters. The van der Waals surface area contributed by atoms with E-state index in [0.29, 0.717) is 6.42 Å². The van der Waals surface area contributed by atoms with Gasteiger partial charge < -0.3 is 0 Å². The van der Waals surface area contributed by atoms with Gasteiger partial charge in [-0.3, -0.25) is 24.0 Å². The number of rotatable bonds is 17. The lowest BCUT2D eigenvalue weighted by molar-refractivity contribution is 0.100. The smallest absolute Gasteiger partial charge is 0.267 e. The van der Waals surface area contributed by atoms with E-state index in [0.717, 1.165) is 38.9 Å². The fraction of sp³-hybridized carbons (Fsp3) is 0.0339. The maximum absolute atomic E-state index is 14.7. The highest BCUT2D eigenvalue weighted by atomic mass is 16.2. The number of hydrogen-bond donors (Lipinski definition) is 0. The Morgan fingerprint density at radius 1 is 0.329 bits per heavy atom. The SMILES string of the molecule is C=CCC(C=C)c1ccc(C(=O)c2nc(C(=O)c3ccc(-c4ccccc4)cc3)nc(C(=O)c3nc(C(=O)c4ccc(-c5ccccc5)cc4)nc(C(=O)c4ccc(-c5ccccc5)cc4)n3)n2)cc1. The van der Waals surface area contributed by atoms with Crippen molar-refractivity contribution < 1.29 is 24.0 Å². The number of carbonyl (C=O) groups is 5. The van der Waals surface area contributed by atoms with Crippen molar-refractivity contribution in [1.82, 2.24) is 29.9 Å². The highest BCUT2D eigenvalue weighted by molar-refractivity contribution is 6.13. The van der Waals surface area contributed by atoms with Gasteiger partial charge >= 0.3 is 0 Å². The van der Waals surface area contributed by atoms with Crippen molar-refractivity contribution in [3.8, 4) is 33.4 Å². The summed E-state index contributed by atoms with van der Waals surface area (Å²) in [7, 11) is 0. The Kier molecular flexibility index (Phi) is 13.3. The molecule has 0 aliphatic carbocycles. The van der Waals surface area contributed by atoms with E-state index in [-0.39, 0.29) is 28.2 Å². The zero-order valence-corrected chi connectivity index (χ0v) is 37.5. The van der Waals surface area contributed by atoms with E-state index in [4.69, 9.17) is 0 Å². The van der Waals surface area contributed by atoms with Gasteiger partial charge in [0.25, 0.3) is 5.78 Å². The Morgan fingerprint density at radius 3 is 0.829 bits per heavy atom. The molecule has 0 aliphatic rings. The molecule has 1 unspecified atom stereocenters. The van der Waals surface area contributed by atoms with E-state index in [9.17, 15) is 24.0 Å². The molecule has 11 nitrogen and oxygen atoms in total. The number of nitrogens with zero attached hydrogens (tertiary/aromatic N) is 6. The summed E-state index contributed by atoms with van der Waals surface area (Å²) in [5.41, 5.74) is 6.89. The van der Waals surface area contributed by atoms with Crippen LogP contribution < -0.4 is 0 Å². The zero-order chi connectivity index (χ0) is 48.6. The quantitative estimate of drug-likeness (QED) is 0.0631. The first-order valence-electron chi connectivity index (χ1n) is 22.2. The largest absolute Gasteiger partial charge is 0.285 e. The number of aromatic nitrogens is 6. The highest BCUT2D eigenvalue weighted by Crippen LogP contribution is 2.25.